The molecule has 9 heteroatoms. The molecule has 0 saturated heterocycles. The highest BCUT2D eigenvalue weighted by Crippen LogP contribution is 2.40. The maximum atomic E-state index is 13.1. The lowest BCUT2D eigenvalue weighted by atomic mass is 10.2. The first kappa shape index (κ1) is 17.8. The lowest BCUT2D eigenvalue weighted by molar-refractivity contribution is -0.117. The van der Waals surface area contributed by atoms with Crippen molar-refractivity contribution in [3.05, 3.63) is 24.7 Å². The predicted octanol–water partition coefficient (Wildman–Crippen LogP) is 2.88. The molecule has 0 bridgehead atoms. The Kier molecular flexibility index (Phi) is 4.11. The number of rotatable bonds is 6. The van der Waals surface area contributed by atoms with E-state index < -0.39 is 12.1 Å². The van der Waals surface area contributed by atoms with E-state index >= 15 is 0 Å². The molecule has 2 unspecified atom stereocenters. The van der Waals surface area contributed by atoms with Gasteiger partial charge in [0, 0.05) is 12.4 Å². The Morgan fingerprint density at radius 2 is 2.00 bits per heavy atom. The van der Waals surface area contributed by atoms with Gasteiger partial charge in [-0.15, -0.1) is 0 Å². The van der Waals surface area contributed by atoms with Gasteiger partial charge in [0.15, 0.2) is 0 Å². The summed E-state index contributed by atoms with van der Waals surface area (Å²) in [5.74, 6) is 0.398. The minimum absolute atomic E-state index is 0.174. The van der Waals surface area contributed by atoms with E-state index in [2.05, 4.69) is 20.3 Å². The molecule has 2 saturated carbocycles. The van der Waals surface area contributed by atoms with Crippen molar-refractivity contribution in [1.82, 2.24) is 19.5 Å². The standard InChI is InChI=1S/C20H20FN5O3/c1-26-14(17-19(28-2)23-9-24-20(17)29-11-3-4-11)5-10-6-16(22-8-15(10)26)25-18(27)12-7-13(12)21/h5-6,8-9,11-13H,3-4,7H2,1-2H3,(H,22,25,27). The van der Waals surface area contributed by atoms with Gasteiger partial charge >= 0.3 is 0 Å². The van der Waals surface area contributed by atoms with Crippen LogP contribution < -0.4 is 14.8 Å². The molecule has 5 rings (SSSR count). The summed E-state index contributed by atoms with van der Waals surface area (Å²) in [5, 5.41) is 3.55. The zero-order valence-electron chi connectivity index (χ0n) is 16.1. The molecule has 2 fully saturated rings. The molecule has 0 radical (unpaired) electrons. The molecular weight excluding hydrogens is 377 g/mol. The number of carbonyl (C=O) groups is 1. The second-order valence-electron chi connectivity index (χ2n) is 7.44. The third-order valence-corrected chi connectivity index (χ3v) is 5.26. The minimum atomic E-state index is -1.04. The summed E-state index contributed by atoms with van der Waals surface area (Å²) in [7, 11) is 3.46. The van der Waals surface area contributed by atoms with Crippen molar-refractivity contribution in [3.63, 3.8) is 0 Å². The summed E-state index contributed by atoms with van der Waals surface area (Å²) in [6.07, 6.45) is 4.52. The number of pyridine rings is 1. The number of nitrogens with zero attached hydrogens (tertiary/aromatic N) is 4. The average Bonchev–Trinajstić information content (AvgIpc) is 3.63. The van der Waals surface area contributed by atoms with Crippen molar-refractivity contribution in [2.75, 3.05) is 12.4 Å². The lowest BCUT2D eigenvalue weighted by Crippen LogP contribution is -2.15. The summed E-state index contributed by atoms with van der Waals surface area (Å²) < 4.78 is 26.5. The van der Waals surface area contributed by atoms with Gasteiger partial charge in [0.2, 0.25) is 17.7 Å². The normalized spacial score (nSPS) is 20.5. The van der Waals surface area contributed by atoms with E-state index in [1.54, 1.807) is 19.4 Å². The predicted molar refractivity (Wildman–Crippen MR) is 104 cm³/mol. The SMILES string of the molecule is COc1ncnc(OC2CC2)c1-c1cc2cc(NC(=O)C3CC3F)ncc2n1C. The maximum absolute atomic E-state index is 13.1. The fourth-order valence-electron chi connectivity index (χ4n) is 3.36. The molecular formula is C20H20FN5O3. The first-order chi connectivity index (χ1) is 14.0. The Hall–Kier alpha value is -3.23. The van der Waals surface area contributed by atoms with Crippen LogP contribution in [0.25, 0.3) is 22.2 Å². The molecule has 150 valence electrons. The second-order valence-corrected chi connectivity index (χ2v) is 7.44. The van der Waals surface area contributed by atoms with Gasteiger partial charge in [0.25, 0.3) is 0 Å². The monoisotopic (exact) mass is 397 g/mol. The van der Waals surface area contributed by atoms with E-state index in [0.29, 0.717) is 23.1 Å². The second kappa shape index (κ2) is 6.68. The van der Waals surface area contributed by atoms with Gasteiger partial charge in [-0.1, -0.05) is 0 Å². The number of nitrogens with one attached hydrogen (secondary N) is 1. The number of methoxy groups -OCH3 is 1. The Morgan fingerprint density at radius 3 is 2.69 bits per heavy atom. The van der Waals surface area contributed by atoms with E-state index in [1.165, 1.54) is 6.33 Å². The fraction of sp³-hybridized carbons (Fsp3) is 0.400. The fourth-order valence-corrected chi connectivity index (χ4v) is 3.36. The Labute approximate surface area is 166 Å². The highest BCUT2D eigenvalue weighted by molar-refractivity contribution is 5.96. The number of aromatic nitrogens is 4. The highest BCUT2D eigenvalue weighted by Gasteiger charge is 2.43. The zero-order chi connectivity index (χ0) is 20.1. The van der Waals surface area contributed by atoms with Gasteiger partial charge in [-0.05, 0) is 31.4 Å². The van der Waals surface area contributed by atoms with Gasteiger partial charge in [0.1, 0.15) is 30.0 Å². The molecule has 3 aromatic rings. The minimum Gasteiger partial charge on any atom is -0.480 e. The van der Waals surface area contributed by atoms with Crippen LogP contribution in [0.2, 0.25) is 0 Å². The Balaban J connectivity index is 1.54. The summed E-state index contributed by atoms with van der Waals surface area (Å²) in [4.78, 5) is 24.8. The first-order valence-corrected chi connectivity index (χ1v) is 9.51. The molecule has 29 heavy (non-hydrogen) atoms. The van der Waals surface area contributed by atoms with E-state index in [1.807, 2.05) is 17.7 Å². The van der Waals surface area contributed by atoms with Crippen molar-refractivity contribution in [3.8, 4) is 23.0 Å². The van der Waals surface area contributed by atoms with Crippen LogP contribution in [-0.4, -0.2) is 44.8 Å². The smallest absolute Gasteiger partial charge is 0.231 e. The van der Waals surface area contributed by atoms with E-state index in [4.69, 9.17) is 9.47 Å². The van der Waals surface area contributed by atoms with Crippen molar-refractivity contribution < 1.29 is 18.7 Å². The third-order valence-electron chi connectivity index (χ3n) is 5.26. The van der Waals surface area contributed by atoms with Gasteiger partial charge in [-0.3, -0.25) is 4.79 Å². The van der Waals surface area contributed by atoms with E-state index in [0.717, 1.165) is 29.4 Å². The summed E-state index contributed by atoms with van der Waals surface area (Å²) in [5.41, 5.74) is 2.34. The molecule has 3 aromatic heterocycles. The number of halogens is 1. The van der Waals surface area contributed by atoms with Crippen LogP contribution in [-0.2, 0) is 11.8 Å². The number of aryl methyl sites for hydroxylation is 1. The number of fused-ring (bicyclic) bond motifs is 1. The lowest BCUT2D eigenvalue weighted by Gasteiger charge is -2.13. The van der Waals surface area contributed by atoms with Crippen LogP contribution in [0.4, 0.5) is 10.2 Å². The Morgan fingerprint density at radius 1 is 1.24 bits per heavy atom. The van der Waals surface area contributed by atoms with Crippen molar-refractivity contribution in [2.24, 2.45) is 13.0 Å². The molecule has 0 spiro atoms. The van der Waals surface area contributed by atoms with Crippen molar-refractivity contribution in [2.45, 2.75) is 31.5 Å². The number of carbonyl (C=O) groups excluding carboxylic acids is 1. The highest BCUT2D eigenvalue weighted by atomic mass is 19.1. The van der Waals surface area contributed by atoms with Crippen LogP contribution in [0.1, 0.15) is 19.3 Å². The number of hydrogen-bond acceptors (Lipinski definition) is 6. The molecule has 8 nitrogen and oxygen atoms in total. The molecule has 1 N–H and O–H groups in total. The zero-order valence-corrected chi connectivity index (χ0v) is 16.1. The number of anilines is 1. The van der Waals surface area contributed by atoms with Crippen LogP contribution in [0.5, 0.6) is 11.8 Å². The molecule has 0 aromatic carbocycles. The summed E-state index contributed by atoms with van der Waals surface area (Å²) >= 11 is 0. The van der Waals surface area contributed by atoms with Gasteiger partial charge in [0.05, 0.1) is 30.4 Å². The quantitative estimate of drug-likeness (QED) is 0.688. The number of hydrogen-bond donors (Lipinski definition) is 1. The largest absolute Gasteiger partial charge is 0.480 e. The topological polar surface area (TPSA) is 91.2 Å². The first-order valence-electron chi connectivity index (χ1n) is 9.51. The summed E-state index contributed by atoms with van der Waals surface area (Å²) in [6, 6.07) is 3.72. The molecule has 3 heterocycles. The average molecular weight is 397 g/mol. The van der Waals surface area contributed by atoms with Crippen LogP contribution in [0.3, 0.4) is 0 Å². The molecule has 2 atom stereocenters. The van der Waals surface area contributed by atoms with Crippen LogP contribution in [0.15, 0.2) is 24.7 Å². The summed E-state index contributed by atoms with van der Waals surface area (Å²) in [6.45, 7) is 0. The number of alkyl halides is 1. The van der Waals surface area contributed by atoms with Crippen molar-refractivity contribution in [1.29, 1.82) is 0 Å². The molecule has 0 aliphatic heterocycles. The van der Waals surface area contributed by atoms with E-state index in [9.17, 15) is 9.18 Å². The van der Waals surface area contributed by atoms with Gasteiger partial charge < -0.3 is 19.4 Å². The third kappa shape index (κ3) is 3.26. The van der Waals surface area contributed by atoms with Gasteiger partial charge in [-0.2, -0.15) is 0 Å². The molecule has 2 aliphatic carbocycles. The van der Waals surface area contributed by atoms with Crippen LogP contribution >= 0.6 is 0 Å². The van der Waals surface area contributed by atoms with Crippen LogP contribution in [0, 0.1) is 5.92 Å². The number of ether oxygens (including phenoxy) is 2. The van der Waals surface area contributed by atoms with Gasteiger partial charge in [-0.25, -0.2) is 19.3 Å². The maximum Gasteiger partial charge on any atom is 0.231 e. The molecule has 2 aliphatic rings. The van der Waals surface area contributed by atoms with E-state index in [-0.39, 0.29) is 18.4 Å². The molecule has 1 amide bonds. The number of amides is 1. The Bertz CT molecular complexity index is 1110. The van der Waals surface area contributed by atoms with Crippen molar-refractivity contribution >= 4 is 22.6 Å².